The van der Waals surface area contributed by atoms with E-state index in [1.807, 2.05) is 6.92 Å². The third-order valence-electron chi connectivity index (χ3n) is 2.20. The average Bonchev–Trinajstić information content (AvgIpc) is 2.18. The Morgan fingerprint density at radius 2 is 2.00 bits per heavy atom. The molecule has 0 aliphatic rings. The summed E-state index contributed by atoms with van der Waals surface area (Å²) < 4.78 is 12.6. The molecule has 1 aromatic carbocycles. The topological polar surface area (TPSA) is 29.1 Å². The summed E-state index contributed by atoms with van der Waals surface area (Å²) in [5.74, 6) is -0.343. The van der Waals surface area contributed by atoms with Crippen molar-refractivity contribution in [3.8, 4) is 0 Å². The Kier molecular flexibility index (Phi) is 3.77. The monoisotopic (exact) mass is 195 g/mol. The van der Waals surface area contributed by atoms with Gasteiger partial charge in [0, 0.05) is 5.92 Å². The van der Waals surface area contributed by atoms with Crippen LogP contribution < -0.4 is 5.32 Å². The molecular formula is C11H14FNO. The fraction of sp³-hybridized carbons (Fsp3) is 0.364. The fourth-order valence-electron chi connectivity index (χ4n) is 1.26. The smallest absolute Gasteiger partial charge is 0.153 e. The van der Waals surface area contributed by atoms with E-state index in [-0.39, 0.29) is 17.5 Å². The van der Waals surface area contributed by atoms with E-state index in [1.54, 1.807) is 19.2 Å². The van der Waals surface area contributed by atoms with Crippen LogP contribution in [0.15, 0.2) is 24.3 Å². The minimum Gasteiger partial charge on any atom is -0.313 e. The summed E-state index contributed by atoms with van der Waals surface area (Å²) in [6.45, 7) is 2.17. The number of carbonyl (C=O) groups is 1. The molecule has 0 aromatic heterocycles. The van der Waals surface area contributed by atoms with Gasteiger partial charge in [-0.05, 0) is 24.7 Å². The lowest BCUT2D eigenvalue weighted by Gasteiger charge is -2.09. The Hall–Kier alpha value is -1.22. The van der Waals surface area contributed by atoms with E-state index in [0.29, 0.717) is 6.54 Å². The molecule has 0 bridgehead atoms. The molecule has 0 saturated heterocycles. The Bertz CT molecular complexity index is 308. The highest BCUT2D eigenvalue weighted by molar-refractivity contribution is 5.87. The number of carbonyl (C=O) groups excluding carboxylic acids is 1. The maximum Gasteiger partial charge on any atom is 0.153 e. The Morgan fingerprint density at radius 1 is 1.43 bits per heavy atom. The zero-order valence-electron chi connectivity index (χ0n) is 8.38. The molecule has 0 aliphatic heterocycles. The van der Waals surface area contributed by atoms with E-state index < -0.39 is 0 Å². The highest BCUT2D eigenvalue weighted by Crippen LogP contribution is 2.16. The maximum absolute atomic E-state index is 12.6. The largest absolute Gasteiger partial charge is 0.313 e. The minimum absolute atomic E-state index is 0.110. The van der Waals surface area contributed by atoms with Gasteiger partial charge < -0.3 is 5.32 Å². The Labute approximate surface area is 83.1 Å². The number of ketones is 1. The summed E-state index contributed by atoms with van der Waals surface area (Å²) in [6.07, 6.45) is 0. The number of halogens is 1. The molecule has 76 valence electrons. The van der Waals surface area contributed by atoms with Crippen molar-refractivity contribution in [3.05, 3.63) is 35.6 Å². The quantitative estimate of drug-likeness (QED) is 0.792. The number of hydrogen-bond donors (Lipinski definition) is 1. The van der Waals surface area contributed by atoms with Crippen molar-refractivity contribution < 1.29 is 9.18 Å². The third kappa shape index (κ3) is 2.64. The van der Waals surface area contributed by atoms with E-state index in [4.69, 9.17) is 0 Å². The number of benzene rings is 1. The molecule has 1 atom stereocenters. The van der Waals surface area contributed by atoms with Crippen LogP contribution in [0.4, 0.5) is 4.39 Å². The van der Waals surface area contributed by atoms with Gasteiger partial charge in [-0.1, -0.05) is 19.1 Å². The molecule has 0 aliphatic carbocycles. The second-order valence-corrected chi connectivity index (χ2v) is 3.27. The summed E-state index contributed by atoms with van der Waals surface area (Å²) >= 11 is 0. The van der Waals surface area contributed by atoms with Crippen LogP contribution in [-0.2, 0) is 4.79 Å². The molecule has 0 fully saturated rings. The number of nitrogens with one attached hydrogen (secondary N) is 1. The lowest BCUT2D eigenvalue weighted by Crippen LogP contribution is -2.23. The van der Waals surface area contributed by atoms with Crippen LogP contribution in [0.1, 0.15) is 18.4 Å². The van der Waals surface area contributed by atoms with Crippen LogP contribution in [-0.4, -0.2) is 19.4 Å². The van der Waals surface area contributed by atoms with Gasteiger partial charge in [0.2, 0.25) is 0 Å². The first kappa shape index (κ1) is 10.9. The van der Waals surface area contributed by atoms with Gasteiger partial charge in [0.1, 0.15) is 5.82 Å². The second-order valence-electron chi connectivity index (χ2n) is 3.27. The van der Waals surface area contributed by atoms with E-state index in [0.717, 1.165) is 5.56 Å². The van der Waals surface area contributed by atoms with Crippen LogP contribution in [0, 0.1) is 5.82 Å². The zero-order chi connectivity index (χ0) is 10.6. The molecule has 1 unspecified atom stereocenters. The number of likely N-dealkylation sites (N-methyl/N-ethyl adjacent to an activating group) is 1. The molecule has 3 heteroatoms. The Morgan fingerprint density at radius 3 is 2.50 bits per heavy atom. The third-order valence-corrected chi connectivity index (χ3v) is 2.20. The SMILES string of the molecule is CNCC(=O)C(C)c1ccc(F)cc1. The normalized spacial score (nSPS) is 12.5. The van der Waals surface area contributed by atoms with Gasteiger partial charge >= 0.3 is 0 Å². The first-order valence-corrected chi connectivity index (χ1v) is 4.58. The highest BCUT2D eigenvalue weighted by atomic mass is 19.1. The van der Waals surface area contributed by atoms with E-state index in [2.05, 4.69) is 5.32 Å². The number of hydrogen-bond acceptors (Lipinski definition) is 2. The Balaban J connectivity index is 2.73. The van der Waals surface area contributed by atoms with Crippen molar-refractivity contribution in [2.45, 2.75) is 12.8 Å². The summed E-state index contributed by atoms with van der Waals surface area (Å²) in [4.78, 5) is 11.5. The second kappa shape index (κ2) is 4.86. The molecule has 14 heavy (non-hydrogen) atoms. The van der Waals surface area contributed by atoms with E-state index in [1.165, 1.54) is 12.1 Å². The van der Waals surface area contributed by atoms with Gasteiger partial charge in [0.25, 0.3) is 0 Å². The molecule has 1 rings (SSSR count). The molecule has 1 aromatic rings. The van der Waals surface area contributed by atoms with Gasteiger partial charge in [0.15, 0.2) is 5.78 Å². The van der Waals surface area contributed by atoms with Crippen molar-refractivity contribution in [1.82, 2.24) is 5.32 Å². The van der Waals surface area contributed by atoms with Gasteiger partial charge in [-0.2, -0.15) is 0 Å². The standard InChI is InChI=1S/C11H14FNO/c1-8(11(14)7-13-2)9-3-5-10(12)6-4-9/h3-6,8,13H,7H2,1-2H3. The van der Waals surface area contributed by atoms with Gasteiger partial charge in [-0.25, -0.2) is 4.39 Å². The van der Waals surface area contributed by atoms with Gasteiger partial charge in [-0.3, -0.25) is 4.79 Å². The molecule has 1 N–H and O–H groups in total. The van der Waals surface area contributed by atoms with Crippen LogP contribution in [0.2, 0.25) is 0 Å². The van der Waals surface area contributed by atoms with Crippen molar-refractivity contribution in [2.24, 2.45) is 0 Å². The van der Waals surface area contributed by atoms with Gasteiger partial charge in [-0.15, -0.1) is 0 Å². The maximum atomic E-state index is 12.6. The molecular weight excluding hydrogens is 181 g/mol. The zero-order valence-corrected chi connectivity index (χ0v) is 8.38. The predicted octanol–water partition coefficient (Wildman–Crippen LogP) is 1.72. The predicted molar refractivity (Wildman–Crippen MR) is 53.7 cm³/mol. The molecule has 0 amide bonds. The lowest BCUT2D eigenvalue weighted by molar-refractivity contribution is -0.119. The number of rotatable bonds is 4. The minimum atomic E-state index is -0.276. The fourth-order valence-corrected chi connectivity index (χ4v) is 1.26. The molecule has 0 radical (unpaired) electrons. The van der Waals surface area contributed by atoms with Crippen molar-refractivity contribution in [3.63, 3.8) is 0 Å². The number of Topliss-reactive ketones (excluding diaryl/α,β-unsaturated/α-hetero) is 1. The van der Waals surface area contributed by atoms with E-state index >= 15 is 0 Å². The summed E-state index contributed by atoms with van der Waals surface area (Å²) in [5.41, 5.74) is 0.853. The first-order chi connectivity index (χ1) is 6.65. The molecule has 0 spiro atoms. The van der Waals surface area contributed by atoms with Gasteiger partial charge in [0.05, 0.1) is 6.54 Å². The van der Waals surface area contributed by atoms with Crippen molar-refractivity contribution in [1.29, 1.82) is 0 Å². The van der Waals surface area contributed by atoms with Crippen LogP contribution >= 0.6 is 0 Å². The summed E-state index contributed by atoms with van der Waals surface area (Å²) in [7, 11) is 1.73. The van der Waals surface area contributed by atoms with Crippen molar-refractivity contribution >= 4 is 5.78 Å². The highest BCUT2D eigenvalue weighted by Gasteiger charge is 2.13. The molecule has 2 nitrogen and oxygen atoms in total. The van der Waals surface area contributed by atoms with Crippen molar-refractivity contribution in [2.75, 3.05) is 13.6 Å². The molecule has 0 saturated carbocycles. The van der Waals surface area contributed by atoms with E-state index in [9.17, 15) is 9.18 Å². The lowest BCUT2D eigenvalue weighted by atomic mass is 9.97. The first-order valence-electron chi connectivity index (χ1n) is 4.58. The van der Waals surface area contributed by atoms with Crippen LogP contribution in [0.3, 0.4) is 0 Å². The van der Waals surface area contributed by atoms with Crippen LogP contribution in [0.25, 0.3) is 0 Å². The van der Waals surface area contributed by atoms with Crippen LogP contribution in [0.5, 0.6) is 0 Å². The summed E-state index contributed by atoms with van der Waals surface area (Å²) in [5, 5.41) is 2.81. The molecule has 0 heterocycles. The summed E-state index contributed by atoms with van der Waals surface area (Å²) in [6, 6.07) is 6.04. The average molecular weight is 195 g/mol.